The highest BCUT2D eigenvalue weighted by Gasteiger charge is 2.10. The number of allylic oxidation sites excluding steroid dienone is 1. The molecule has 0 amide bonds. The molecule has 0 radical (unpaired) electrons. The van der Waals surface area contributed by atoms with Gasteiger partial charge in [-0.2, -0.15) is 0 Å². The lowest BCUT2D eigenvalue weighted by Crippen LogP contribution is -2.03. The predicted octanol–water partition coefficient (Wildman–Crippen LogP) is 3.32. The lowest BCUT2D eigenvalue weighted by molar-refractivity contribution is 0.104. The minimum absolute atomic E-state index is 0.00177. The van der Waals surface area contributed by atoms with Crippen LogP contribution >= 0.6 is 0 Å². The second-order valence-corrected chi connectivity index (χ2v) is 4.74. The zero-order chi connectivity index (χ0) is 14.5. The van der Waals surface area contributed by atoms with Crippen LogP contribution in [-0.4, -0.2) is 29.9 Å². The molecule has 0 fully saturated rings. The van der Waals surface area contributed by atoms with Crippen LogP contribution in [0.15, 0.2) is 60.8 Å². The zero-order valence-corrected chi connectivity index (χ0v) is 11.6. The van der Waals surface area contributed by atoms with Crippen molar-refractivity contribution < 1.29 is 9.90 Å². The summed E-state index contributed by atoms with van der Waals surface area (Å²) < 4.78 is 0. The Labute approximate surface area is 118 Å². The molecular formula is C17H17NO2. The fraction of sp³-hybridized carbons (Fsp3) is 0.118. The Morgan fingerprint density at radius 2 is 1.75 bits per heavy atom. The number of benzene rings is 2. The van der Waals surface area contributed by atoms with Gasteiger partial charge in [-0.1, -0.05) is 36.4 Å². The maximum atomic E-state index is 12.1. The average molecular weight is 267 g/mol. The summed E-state index contributed by atoms with van der Waals surface area (Å²) in [6, 6.07) is 14.8. The number of ketones is 1. The van der Waals surface area contributed by atoms with E-state index in [0.717, 1.165) is 11.1 Å². The van der Waals surface area contributed by atoms with Gasteiger partial charge in [-0.3, -0.25) is 4.79 Å². The third kappa shape index (κ3) is 3.26. The summed E-state index contributed by atoms with van der Waals surface area (Å²) in [5.41, 5.74) is 2.23. The quantitative estimate of drug-likeness (QED) is 0.682. The van der Waals surface area contributed by atoms with Gasteiger partial charge in [-0.25, -0.2) is 0 Å². The molecule has 0 saturated heterocycles. The van der Waals surface area contributed by atoms with Crippen molar-refractivity contribution in [3.63, 3.8) is 0 Å². The third-order valence-electron chi connectivity index (χ3n) is 2.89. The molecule has 0 aliphatic rings. The smallest absolute Gasteiger partial charge is 0.191 e. The van der Waals surface area contributed by atoms with Crippen molar-refractivity contribution in [1.29, 1.82) is 0 Å². The van der Waals surface area contributed by atoms with Crippen LogP contribution in [-0.2, 0) is 0 Å². The van der Waals surface area contributed by atoms with Crippen LogP contribution in [0.5, 0.6) is 5.75 Å². The molecule has 3 heteroatoms. The van der Waals surface area contributed by atoms with Crippen LogP contribution in [0.2, 0.25) is 0 Å². The van der Waals surface area contributed by atoms with Crippen molar-refractivity contribution in [2.75, 3.05) is 14.1 Å². The van der Waals surface area contributed by atoms with E-state index in [-0.39, 0.29) is 11.5 Å². The predicted molar refractivity (Wildman–Crippen MR) is 80.7 cm³/mol. The number of phenols is 1. The van der Waals surface area contributed by atoms with Crippen molar-refractivity contribution >= 4 is 5.78 Å². The van der Waals surface area contributed by atoms with E-state index >= 15 is 0 Å². The van der Waals surface area contributed by atoms with Crippen LogP contribution in [0.25, 0.3) is 11.1 Å². The summed E-state index contributed by atoms with van der Waals surface area (Å²) in [6.45, 7) is 0. The molecule has 3 nitrogen and oxygen atoms in total. The molecule has 0 aromatic heterocycles. The molecule has 2 aromatic carbocycles. The Morgan fingerprint density at radius 1 is 1.05 bits per heavy atom. The first-order valence-corrected chi connectivity index (χ1v) is 6.35. The van der Waals surface area contributed by atoms with E-state index in [1.54, 1.807) is 29.3 Å². The van der Waals surface area contributed by atoms with Crippen molar-refractivity contribution in [2.24, 2.45) is 0 Å². The maximum Gasteiger partial charge on any atom is 0.191 e. The number of hydrogen-bond acceptors (Lipinski definition) is 3. The maximum absolute atomic E-state index is 12.1. The van der Waals surface area contributed by atoms with E-state index in [1.165, 1.54) is 6.08 Å². The summed E-state index contributed by atoms with van der Waals surface area (Å²) in [6.07, 6.45) is 3.11. The van der Waals surface area contributed by atoms with Crippen LogP contribution in [0.1, 0.15) is 10.4 Å². The summed E-state index contributed by atoms with van der Waals surface area (Å²) >= 11 is 0. The monoisotopic (exact) mass is 267 g/mol. The Balaban J connectivity index is 2.37. The highest BCUT2D eigenvalue weighted by atomic mass is 16.3. The fourth-order valence-corrected chi connectivity index (χ4v) is 1.85. The summed E-state index contributed by atoms with van der Waals surface area (Å²) in [4.78, 5) is 13.9. The molecule has 2 aromatic rings. The largest absolute Gasteiger partial charge is 0.507 e. The highest BCUT2D eigenvalue weighted by molar-refractivity contribution is 6.07. The Morgan fingerprint density at radius 3 is 2.40 bits per heavy atom. The van der Waals surface area contributed by atoms with Gasteiger partial charge in [0.25, 0.3) is 0 Å². The molecule has 0 aliphatic carbocycles. The number of rotatable bonds is 4. The second kappa shape index (κ2) is 6.06. The topological polar surface area (TPSA) is 40.5 Å². The number of nitrogens with zero attached hydrogens (tertiary/aromatic N) is 1. The normalized spacial score (nSPS) is 10.7. The van der Waals surface area contributed by atoms with Gasteiger partial charge in [0.05, 0.1) is 5.56 Å². The molecule has 0 saturated carbocycles. The summed E-state index contributed by atoms with van der Waals surface area (Å²) in [5, 5.41) is 9.85. The van der Waals surface area contributed by atoms with E-state index in [0.29, 0.717) is 5.56 Å². The second-order valence-electron chi connectivity index (χ2n) is 4.74. The molecule has 0 unspecified atom stereocenters. The number of phenolic OH excluding ortho intramolecular Hbond substituents is 1. The highest BCUT2D eigenvalue weighted by Crippen LogP contribution is 2.26. The molecule has 1 N–H and O–H groups in total. The van der Waals surface area contributed by atoms with E-state index in [2.05, 4.69) is 0 Å². The lowest BCUT2D eigenvalue weighted by Gasteiger charge is -2.07. The molecule has 0 spiro atoms. The average Bonchev–Trinajstić information content (AvgIpc) is 2.46. The van der Waals surface area contributed by atoms with E-state index < -0.39 is 0 Å². The van der Waals surface area contributed by atoms with Crippen molar-refractivity contribution in [1.82, 2.24) is 4.90 Å². The van der Waals surface area contributed by atoms with Gasteiger partial charge in [0, 0.05) is 26.4 Å². The molecule has 0 atom stereocenters. The van der Waals surface area contributed by atoms with E-state index in [4.69, 9.17) is 0 Å². The zero-order valence-electron chi connectivity index (χ0n) is 11.6. The van der Waals surface area contributed by atoms with Gasteiger partial charge >= 0.3 is 0 Å². The van der Waals surface area contributed by atoms with Gasteiger partial charge in [0.1, 0.15) is 5.75 Å². The molecule has 2 rings (SSSR count). The first-order chi connectivity index (χ1) is 9.58. The molecule has 0 heterocycles. The minimum atomic E-state index is -0.214. The molecule has 102 valence electrons. The molecule has 20 heavy (non-hydrogen) atoms. The fourth-order valence-electron chi connectivity index (χ4n) is 1.85. The van der Waals surface area contributed by atoms with E-state index in [1.807, 2.05) is 44.4 Å². The SMILES string of the molecule is CN(C)/C=C/C(=O)c1cc(-c2ccccc2)ccc1O. The van der Waals surface area contributed by atoms with Crippen LogP contribution in [0.3, 0.4) is 0 Å². The van der Waals surface area contributed by atoms with Crippen molar-refractivity contribution in [2.45, 2.75) is 0 Å². The molecule has 0 aliphatic heterocycles. The first kappa shape index (κ1) is 13.9. The molecular weight excluding hydrogens is 250 g/mol. The van der Waals surface area contributed by atoms with Crippen molar-refractivity contribution in [3.05, 3.63) is 66.4 Å². The Kier molecular flexibility index (Phi) is 4.20. The third-order valence-corrected chi connectivity index (χ3v) is 2.89. The van der Waals surface area contributed by atoms with Gasteiger partial charge in [-0.05, 0) is 23.3 Å². The minimum Gasteiger partial charge on any atom is -0.507 e. The van der Waals surface area contributed by atoms with Crippen LogP contribution in [0.4, 0.5) is 0 Å². The first-order valence-electron chi connectivity index (χ1n) is 6.35. The van der Waals surface area contributed by atoms with E-state index in [9.17, 15) is 9.90 Å². The Bertz CT molecular complexity index is 631. The van der Waals surface area contributed by atoms with Crippen molar-refractivity contribution in [3.8, 4) is 16.9 Å². The lowest BCUT2D eigenvalue weighted by atomic mass is 10.0. The van der Waals surface area contributed by atoms with Gasteiger partial charge in [-0.15, -0.1) is 0 Å². The summed E-state index contributed by atoms with van der Waals surface area (Å²) in [5.74, 6) is -0.216. The number of hydrogen-bond donors (Lipinski definition) is 1. The standard InChI is InChI=1S/C17H17NO2/c1-18(2)11-10-17(20)15-12-14(8-9-16(15)19)13-6-4-3-5-7-13/h3-12,19H,1-2H3/b11-10+. The van der Waals surface area contributed by atoms with Gasteiger partial charge in [0.2, 0.25) is 0 Å². The Hall–Kier alpha value is -2.55. The van der Waals surface area contributed by atoms with Crippen LogP contribution in [0, 0.1) is 0 Å². The number of carbonyl (C=O) groups is 1. The van der Waals surface area contributed by atoms with Gasteiger partial charge in [0.15, 0.2) is 5.78 Å². The van der Waals surface area contributed by atoms with Gasteiger partial charge < -0.3 is 10.0 Å². The van der Waals surface area contributed by atoms with Crippen LogP contribution < -0.4 is 0 Å². The number of carbonyl (C=O) groups excluding carboxylic acids is 1. The summed E-state index contributed by atoms with van der Waals surface area (Å²) in [7, 11) is 3.67. The number of aromatic hydroxyl groups is 1. The molecule has 0 bridgehead atoms.